The van der Waals surface area contributed by atoms with Crippen molar-refractivity contribution in [3.8, 4) is 12.3 Å². The molecule has 1 aromatic carbocycles. The van der Waals surface area contributed by atoms with Gasteiger partial charge in [-0.3, -0.25) is 0 Å². The first-order valence-electron chi connectivity index (χ1n) is 4.49. The summed E-state index contributed by atoms with van der Waals surface area (Å²) in [7, 11) is 0. The third-order valence-corrected chi connectivity index (χ3v) is 2.11. The predicted molar refractivity (Wildman–Crippen MR) is 58.4 cm³/mol. The fourth-order valence-corrected chi connectivity index (χ4v) is 1.35. The molecule has 1 nitrogen and oxygen atoms in total. The van der Waals surface area contributed by atoms with Crippen molar-refractivity contribution in [3.63, 3.8) is 0 Å². The van der Waals surface area contributed by atoms with Crippen LogP contribution >= 0.6 is 11.6 Å². The van der Waals surface area contributed by atoms with Gasteiger partial charge in [0.1, 0.15) is 0 Å². The van der Waals surface area contributed by atoms with Crippen LogP contribution in [0, 0.1) is 12.3 Å². The minimum absolute atomic E-state index is 0.00727. The van der Waals surface area contributed by atoms with Gasteiger partial charge in [-0.2, -0.15) is 13.2 Å². The number of rotatable bonds is 3. The van der Waals surface area contributed by atoms with E-state index < -0.39 is 11.7 Å². The molecule has 0 aromatic heterocycles. The van der Waals surface area contributed by atoms with E-state index in [-0.39, 0.29) is 10.7 Å². The maximum Gasteiger partial charge on any atom is 0.418 e. The quantitative estimate of drug-likeness (QED) is 0.633. The summed E-state index contributed by atoms with van der Waals surface area (Å²) in [5.41, 5.74) is -0.788. The van der Waals surface area contributed by atoms with E-state index >= 15 is 0 Å². The average Bonchev–Trinajstić information content (AvgIpc) is 2.19. The zero-order chi connectivity index (χ0) is 12.2. The normalized spacial score (nSPS) is 10.9. The predicted octanol–water partition coefficient (Wildman–Crippen LogP) is 3.79. The second kappa shape index (κ2) is 5.13. The van der Waals surface area contributed by atoms with Crippen LogP contribution in [0.1, 0.15) is 12.0 Å². The molecule has 0 amide bonds. The summed E-state index contributed by atoms with van der Waals surface area (Å²) in [5, 5.41) is 2.68. The number of alkyl halides is 3. The van der Waals surface area contributed by atoms with Gasteiger partial charge in [-0.25, -0.2) is 0 Å². The van der Waals surface area contributed by atoms with Crippen molar-refractivity contribution in [2.24, 2.45) is 0 Å². The van der Waals surface area contributed by atoms with E-state index in [9.17, 15) is 13.2 Å². The van der Waals surface area contributed by atoms with Crippen molar-refractivity contribution < 1.29 is 13.2 Å². The lowest BCUT2D eigenvalue weighted by Crippen LogP contribution is -2.11. The van der Waals surface area contributed by atoms with Crippen molar-refractivity contribution in [3.05, 3.63) is 28.8 Å². The van der Waals surface area contributed by atoms with Gasteiger partial charge in [0.2, 0.25) is 0 Å². The van der Waals surface area contributed by atoms with Gasteiger partial charge < -0.3 is 5.32 Å². The van der Waals surface area contributed by atoms with E-state index in [0.29, 0.717) is 13.0 Å². The van der Waals surface area contributed by atoms with Crippen LogP contribution in [0.25, 0.3) is 0 Å². The summed E-state index contributed by atoms with van der Waals surface area (Å²) in [6, 6.07) is 3.58. The Morgan fingerprint density at radius 2 is 2.06 bits per heavy atom. The fourth-order valence-electron chi connectivity index (χ4n) is 1.17. The minimum atomic E-state index is -4.43. The maximum atomic E-state index is 12.6. The van der Waals surface area contributed by atoms with Crippen molar-refractivity contribution in [2.75, 3.05) is 11.9 Å². The number of benzene rings is 1. The minimum Gasteiger partial charge on any atom is -0.384 e. The third-order valence-electron chi connectivity index (χ3n) is 1.87. The van der Waals surface area contributed by atoms with Crippen LogP contribution in [0.4, 0.5) is 18.9 Å². The Balaban J connectivity index is 2.95. The summed E-state index contributed by atoms with van der Waals surface area (Å²) in [6.45, 7) is 0.293. The number of anilines is 1. The van der Waals surface area contributed by atoms with Crippen LogP contribution in [0.5, 0.6) is 0 Å². The first-order valence-corrected chi connectivity index (χ1v) is 4.87. The molecule has 16 heavy (non-hydrogen) atoms. The molecule has 86 valence electrons. The first-order chi connectivity index (χ1) is 7.45. The van der Waals surface area contributed by atoms with Crippen molar-refractivity contribution >= 4 is 17.3 Å². The van der Waals surface area contributed by atoms with Crippen LogP contribution in [0.3, 0.4) is 0 Å². The number of terminal acetylenes is 1. The molecule has 0 bridgehead atoms. The number of hydrogen-bond acceptors (Lipinski definition) is 1. The van der Waals surface area contributed by atoms with Crippen LogP contribution in [0.15, 0.2) is 18.2 Å². The highest BCUT2D eigenvalue weighted by Gasteiger charge is 2.33. The Hall–Kier alpha value is -1.34. The van der Waals surface area contributed by atoms with Crippen LogP contribution in [-0.4, -0.2) is 6.54 Å². The molecular weight excluding hydrogens is 239 g/mol. The molecule has 0 fully saturated rings. The summed E-state index contributed by atoms with van der Waals surface area (Å²) in [5.74, 6) is 2.34. The largest absolute Gasteiger partial charge is 0.418 e. The van der Waals surface area contributed by atoms with Gasteiger partial charge in [0, 0.05) is 23.7 Å². The van der Waals surface area contributed by atoms with Crippen molar-refractivity contribution in [1.82, 2.24) is 0 Å². The van der Waals surface area contributed by atoms with Crippen LogP contribution < -0.4 is 5.32 Å². The molecular formula is C11H9ClF3N. The highest BCUT2D eigenvalue weighted by Crippen LogP contribution is 2.36. The lowest BCUT2D eigenvalue weighted by Gasteiger charge is -2.14. The fraction of sp³-hybridized carbons (Fsp3) is 0.273. The molecule has 0 heterocycles. The number of nitrogens with one attached hydrogen (secondary N) is 1. The topological polar surface area (TPSA) is 12.0 Å². The van der Waals surface area contributed by atoms with E-state index in [1.165, 1.54) is 12.1 Å². The molecule has 1 aromatic rings. The zero-order valence-electron chi connectivity index (χ0n) is 8.24. The standard InChI is InChI=1S/C11H9ClF3N/c1-2-3-6-16-10-5-4-8(12)7-9(10)11(13,14)15/h1,4-5,7,16H,3,6H2. The lowest BCUT2D eigenvalue weighted by atomic mass is 10.1. The Morgan fingerprint density at radius 3 is 2.62 bits per heavy atom. The lowest BCUT2D eigenvalue weighted by molar-refractivity contribution is -0.136. The molecule has 0 radical (unpaired) electrons. The van der Waals surface area contributed by atoms with Gasteiger partial charge in [-0.05, 0) is 18.2 Å². The summed E-state index contributed by atoms with van der Waals surface area (Å²) < 4.78 is 37.8. The monoisotopic (exact) mass is 247 g/mol. The van der Waals surface area contributed by atoms with Crippen molar-refractivity contribution in [2.45, 2.75) is 12.6 Å². The van der Waals surface area contributed by atoms with E-state index in [4.69, 9.17) is 18.0 Å². The van der Waals surface area contributed by atoms with Crippen molar-refractivity contribution in [1.29, 1.82) is 0 Å². The second-order valence-electron chi connectivity index (χ2n) is 3.07. The molecule has 0 aliphatic carbocycles. The van der Waals surface area contributed by atoms with Gasteiger partial charge in [-0.15, -0.1) is 12.3 Å². The molecule has 1 N–H and O–H groups in total. The van der Waals surface area contributed by atoms with Crippen LogP contribution in [0.2, 0.25) is 5.02 Å². The molecule has 0 saturated carbocycles. The van der Waals surface area contributed by atoms with E-state index in [1.54, 1.807) is 0 Å². The van der Waals surface area contributed by atoms with E-state index in [2.05, 4.69) is 11.2 Å². The second-order valence-corrected chi connectivity index (χ2v) is 3.51. The van der Waals surface area contributed by atoms with E-state index in [0.717, 1.165) is 6.07 Å². The van der Waals surface area contributed by atoms with Gasteiger partial charge in [-0.1, -0.05) is 11.6 Å². The molecule has 5 heteroatoms. The zero-order valence-corrected chi connectivity index (χ0v) is 8.99. The maximum absolute atomic E-state index is 12.6. The summed E-state index contributed by atoms with van der Waals surface area (Å²) in [6.07, 6.45) is 0.941. The Labute approximate surface area is 96.6 Å². The molecule has 0 atom stereocenters. The van der Waals surface area contributed by atoms with Gasteiger partial charge in [0.15, 0.2) is 0 Å². The Bertz CT molecular complexity index is 407. The highest BCUT2D eigenvalue weighted by atomic mass is 35.5. The molecule has 0 spiro atoms. The Kier molecular flexibility index (Phi) is 4.08. The molecule has 0 saturated heterocycles. The van der Waals surface area contributed by atoms with Gasteiger partial charge in [0.25, 0.3) is 0 Å². The highest BCUT2D eigenvalue weighted by molar-refractivity contribution is 6.30. The average molecular weight is 248 g/mol. The summed E-state index contributed by atoms with van der Waals surface area (Å²) in [4.78, 5) is 0. The van der Waals surface area contributed by atoms with Crippen LogP contribution in [-0.2, 0) is 6.18 Å². The number of halogens is 4. The molecule has 0 unspecified atom stereocenters. The molecule has 0 aliphatic rings. The smallest absolute Gasteiger partial charge is 0.384 e. The van der Waals surface area contributed by atoms with Gasteiger partial charge in [0.05, 0.1) is 5.56 Å². The SMILES string of the molecule is C#CCCNc1ccc(Cl)cc1C(F)(F)F. The summed E-state index contributed by atoms with van der Waals surface area (Å²) >= 11 is 5.52. The number of hydrogen-bond donors (Lipinski definition) is 1. The Morgan fingerprint density at radius 1 is 1.38 bits per heavy atom. The first kappa shape index (κ1) is 12.7. The molecule has 0 aliphatic heterocycles. The van der Waals surface area contributed by atoms with E-state index in [1.807, 2.05) is 0 Å². The van der Waals surface area contributed by atoms with Gasteiger partial charge >= 0.3 is 6.18 Å². The third kappa shape index (κ3) is 3.35. The molecule has 1 rings (SSSR count).